The Kier molecular flexibility index (Phi) is 6.73. The molecule has 0 unspecified atom stereocenters. The van der Waals surface area contributed by atoms with Gasteiger partial charge in [-0.2, -0.15) is 0 Å². The minimum atomic E-state index is -1.02. The van der Waals surface area contributed by atoms with Crippen LogP contribution in [0.3, 0.4) is 0 Å². The third kappa shape index (κ3) is 4.40. The molecule has 0 fully saturated rings. The number of pyridine rings is 1. The smallest absolute Gasteiger partial charge is 0.278 e. The number of carbonyl (C=O) groups excluding carboxylic acids is 2. The SMILES string of the molecule is C/C=C1\Cn2cc(C(=O)NCc3ccc(F)cc3F)c(=O)c(O)c2C(=O)N1C[C@@H](C)CN. The summed E-state index contributed by atoms with van der Waals surface area (Å²) in [6.07, 6.45) is 2.93. The Hall–Kier alpha value is -3.53. The number of aromatic hydroxyl groups is 1. The molecule has 0 saturated carbocycles. The predicted molar refractivity (Wildman–Crippen MR) is 113 cm³/mol. The van der Waals surface area contributed by atoms with Crippen LogP contribution >= 0.6 is 0 Å². The zero-order valence-electron chi connectivity index (χ0n) is 17.7. The van der Waals surface area contributed by atoms with Gasteiger partial charge in [0.25, 0.3) is 11.8 Å². The van der Waals surface area contributed by atoms with Gasteiger partial charge in [-0.15, -0.1) is 0 Å². The van der Waals surface area contributed by atoms with Crippen molar-refractivity contribution in [2.24, 2.45) is 11.7 Å². The molecule has 1 aromatic heterocycles. The first-order valence-electron chi connectivity index (χ1n) is 10.0. The molecule has 0 bridgehead atoms. The number of halogens is 2. The lowest BCUT2D eigenvalue weighted by Gasteiger charge is -2.34. The molecule has 3 rings (SSSR count). The summed E-state index contributed by atoms with van der Waals surface area (Å²) in [5, 5.41) is 12.8. The zero-order chi connectivity index (χ0) is 23.6. The maximum absolute atomic E-state index is 13.8. The van der Waals surface area contributed by atoms with Crippen LogP contribution in [0.5, 0.6) is 5.75 Å². The summed E-state index contributed by atoms with van der Waals surface area (Å²) in [4.78, 5) is 39.7. The van der Waals surface area contributed by atoms with Gasteiger partial charge in [0, 0.05) is 36.6 Å². The molecule has 8 nitrogen and oxygen atoms in total. The van der Waals surface area contributed by atoms with Crippen LogP contribution in [-0.4, -0.2) is 39.5 Å². The van der Waals surface area contributed by atoms with E-state index in [2.05, 4.69) is 5.32 Å². The number of nitrogens with zero attached hydrogens (tertiary/aromatic N) is 2. The molecular formula is C22H24F2N4O4. The van der Waals surface area contributed by atoms with Gasteiger partial charge in [0.1, 0.15) is 17.2 Å². The molecule has 0 spiro atoms. The monoisotopic (exact) mass is 446 g/mol. The Morgan fingerprint density at radius 1 is 1.34 bits per heavy atom. The lowest BCUT2D eigenvalue weighted by Crippen LogP contribution is -2.43. The molecule has 32 heavy (non-hydrogen) atoms. The van der Waals surface area contributed by atoms with Crippen LogP contribution in [0, 0.1) is 17.6 Å². The maximum atomic E-state index is 13.8. The number of allylic oxidation sites excluding steroid dienone is 2. The topological polar surface area (TPSA) is 118 Å². The van der Waals surface area contributed by atoms with Crippen molar-refractivity contribution in [2.75, 3.05) is 13.1 Å². The Balaban J connectivity index is 1.91. The van der Waals surface area contributed by atoms with E-state index in [0.29, 0.717) is 24.9 Å². The van der Waals surface area contributed by atoms with Crippen molar-refractivity contribution in [3.05, 3.63) is 74.8 Å². The number of fused-ring (bicyclic) bond motifs is 1. The minimum Gasteiger partial charge on any atom is -0.503 e. The molecule has 2 amide bonds. The number of aromatic nitrogens is 1. The standard InChI is InChI=1S/C22H24F2N4O4/c1-3-15-10-27-11-16(21(31)26-8-13-4-5-14(23)6-17(13)24)19(29)20(30)18(27)22(32)28(15)9-12(2)7-25/h3-6,11-12,30H,7-10,25H2,1-2H3,(H,26,31)/b15-3+/t12-/m0/s1. The van der Waals surface area contributed by atoms with Crippen molar-refractivity contribution in [3.8, 4) is 5.75 Å². The predicted octanol–water partition coefficient (Wildman–Crippen LogP) is 1.72. The van der Waals surface area contributed by atoms with Gasteiger partial charge >= 0.3 is 0 Å². The molecule has 10 heteroatoms. The fourth-order valence-corrected chi connectivity index (χ4v) is 3.45. The van der Waals surface area contributed by atoms with E-state index in [1.54, 1.807) is 13.0 Å². The second-order valence-corrected chi connectivity index (χ2v) is 7.65. The molecule has 1 aliphatic heterocycles. The second kappa shape index (κ2) is 9.31. The fraction of sp³-hybridized carbons (Fsp3) is 0.318. The number of benzene rings is 1. The highest BCUT2D eigenvalue weighted by molar-refractivity contribution is 5.99. The van der Waals surface area contributed by atoms with Gasteiger partial charge in [-0.3, -0.25) is 14.4 Å². The van der Waals surface area contributed by atoms with Gasteiger partial charge in [-0.05, 0) is 25.5 Å². The molecule has 170 valence electrons. The first kappa shape index (κ1) is 23.1. The molecule has 1 aliphatic rings. The summed E-state index contributed by atoms with van der Waals surface area (Å²) < 4.78 is 28.2. The van der Waals surface area contributed by atoms with Gasteiger partial charge < -0.3 is 25.6 Å². The van der Waals surface area contributed by atoms with Crippen molar-refractivity contribution in [1.29, 1.82) is 0 Å². The number of nitrogens with one attached hydrogen (secondary N) is 1. The average molecular weight is 446 g/mol. The summed E-state index contributed by atoms with van der Waals surface area (Å²) in [6, 6.07) is 2.91. The molecule has 1 atom stereocenters. The number of hydrogen-bond acceptors (Lipinski definition) is 5. The van der Waals surface area contributed by atoms with Crippen LogP contribution < -0.4 is 16.5 Å². The normalized spacial score (nSPS) is 15.6. The average Bonchev–Trinajstić information content (AvgIpc) is 2.76. The van der Waals surface area contributed by atoms with Crippen molar-refractivity contribution in [2.45, 2.75) is 26.9 Å². The lowest BCUT2D eigenvalue weighted by atomic mass is 10.1. The summed E-state index contributed by atoms with van der Waals surface area (Å²) >= 11 is 0. The molecule has 2 aromatic rings. The maximum Gasteiger partial charge on any atom is 0.278 e. The van der Waals surface area contributed by atoms with Crippen molar-refractivity contribution >= 4 is 11.8 Å². The molecule has 0 radical (unpaired) electrons. The van der Waals surface area contributed by atoms with E-state index in [9.17, 15) is 28.3 Å². The number of nitrogens with two attached hydrogens (primary N) is 1. The van der Waals surface area contributed by atoms with Crippen LogP contribution in [0.4, 0.5) is 8.78 Å². The number of amides is 2. The van der Waals surface area contributed by atoms with Crippen LogP contribution in [0.15, 0.2) is 41.0 Å². The van der Waals surface area contributed by atoms with Crippen molar-refractivity contribution in [1.82, 2.24) is 14.8 Å². The quantitative estimate of drug-likeness (QED) is 0.625. The fourth-order valence-electron chi connectivity index (χ4n) is 3.45. The summed E-state index contributed by atoms with van der Waals surface area (Å²) in [7, 11) is 0. The van der Waals surface area contributed by atoms with Crippen LogP contribution in [0.2, 0.25) is 0 Å². The van der Waals surface area contributed by atoms with Gasteiger partial charge in [0.05, 0.1) is 6.54 Å². The molecule has 1 aromatic carbocycles. The number of carbonyl (C=O) groups is 2. The first-order chi connectivity index (χ1) is 15.2. The van der Waals surface area contributed by atoms with E-state index >= 15 is 0 Å². The third-order valence-electron chi connectivity index (χ3n) is 5.31. The van der Waals surface area contributed by atoms with E-state index in [-0.39, 0.29) is 30.3 Å². The molecule has 0 saturated heterocycles. The molecule has 0 aliphatic carbocycles. The first-order valence-corrected chi connectivity index (χ1v) is 10.0. The van der Waals surface area contributed by atoms with E-state index < -0.39 is 40.2 Å². The third-order valence-corrected chi connectivity index (χ3v) is 5.31. The van der Waals surface area contributed by atoms with E-state index in [1.807, 2.05) is 6.92 Å². The highest BCUT2D eigenvalue weighted by Crippen LogP contribution is 2.26. The Morgan fingerprint density at radius 3 is 2.69 bits per heavy atom. The van der Waals surface area contributed by atoms with Crippen LogP contribution in [0.25, 0.3) is 0 Å². The van der Waals surface area contributed by atoms with Crippen molar-refractivity contribution < 1.29 is 23.5 Å². The van der Waals surface area contributed by atoms with E-state index in [0.717, 1.165) is 6.07 Å². The number of hydrogen-bond donors (Lipinski definition) is 3. The molecule has 4 N–H and O–H groups in total. The lowest BCUT2D eigenvalue weighted by molar-refractivity contribution is 0.0738. The van der Waals surface area contributed by atoms with Crippen molar-refractivity contribution in [3.63, 3.8) is 0 Å². The highest BCUT2D eigenvalue weighted by atomic mass is 19.1. The Labute approximate surface area is 182 Å². The Bertz CT molecular complexity index is 1160. The van der Waals surface area contributed by atoms with Crippen LogP contribution in [-0.2, 0) is 13.1 Å². The van der Waals surface area contributed by atoms with Gasteiger partial charge in [0.15, 0.2) is 11.4 Å². The molecular weight excluding hydrogens is 422 g/mol. The second-order valence-electron chi connectivity index (χ2n) is 7.65. The summed E-state index contributed by atoms with van der Waals surface area (Å²) in [5.74, 6) is -3.87. The van der Waals surface area contributed by atoms with Crippen LogP contribution in [0.1, 0.15) is 40.3 Å². The largest absolute Gasteiger partial charge is 0.503 e. The number of rotatable bonds is 6. The summed E-state index contributed by atoms with van der Waals surface area (Å²) in [5.41, 5.74) is 4.68. The van der Waals surface area contributed by atoms with Gasteiger partial charge in [0.2, 0.25) is 5.43 Å². The summed E-state index contributed by atoms with van der Waals surface area (Å²) in [6.45, 7) is 4.15. The molecule has 2 heterocycles. The van der Waals surface area contributed by atoms with Gasteiger partial charge in [-0.25, -0.2) is 8.78 Å². The minimum absolute atomic E-state index is 0.00813. The highest BCUT2D eigenvalue weighted by Gasteiger charge is 2.33. The Morgan fingerprint density at radius 2 is 2.06 bits per heavy atom. The van der Waals surface area contributed by atoms with E-state index in [1.165, 1.54) is 21.7 Å². The van der Waals surface area contributed by atoms with E-state index in [4.69, 9.17) is 5.73 Å². The zero-order valence-corrected chi connectivity index (χ0v) is 17.7. The van der Waals surface area contributed by atoms with Gasteiger partial charge in [-0.1, -0.05) is 19.1 Å².